The van der Waals surface area contributed by atoms with Crippen molar-refractivity contribution in [3.8, 4) is 0 Å². The van der Waals surface area contributed by atoms with E-state index in [1.165, 1.54) is 5.56 Å². The van der Waals surface area contributed by atoms with E-state index in [2.05, 4.69) is 30.6 Å². The smallest absolute Gasteiger partial charge is 0.104 e. The minimum atomic E-state index is -0.594. The van der Waals surface area contributed by atoms with E-state index in [0.717, 1.165) is 24.4 Å². The van der Waals surface area contributed by atoms with Crippen molar-refractivity contribution in [2.75, 3.05) is 13.1 Å². The summed E-state index contributed by atoms with van der Waals surface area (Å²) in [6, 6.07) is 2.09. The number of nitrogens with one attached hydrogen (secondary N) is 1. The number of aliphatic hydroxyl groups is 1. The molecule has 2 rings (SSSR count). The molecule has 0 bridgehead atoms. The number of hydrogen-bond acceptors (Lipinski definition) is 3. The minimum Gasteiger partial charge on any atom is -0.384 e. The molecule has 0 amide bonds. The summed E-state index contributed by atoms with van der Waals surface area (Å²) in [7, 11) is 0. The molecule has 1 aromatic rings. The van der Waals surface area contributed by atoms with Crippen molar-refractivity contribution in [2.24, 2.45) is 5.92 Å². The molecule has 1 saturated heterocycles. The van der Waals surface area contributed by atoms with Gasteiger partial charge in [-0.05, 0) is 36.9 Å². The van der Waals surface area contributed by atoms with Crippen LogP contribution in [0.15, 0.2) is 11.4 Å². The SMILES string of the molecule is Cc1ccsc1C1(O)CCNCC1C. The van der Waals surface area contributed by atoms with Crippen LogP contribution in [0.4, 0.5) is 0 Å². The Balaban J connectivity index is 2.34. The Labute approximate surface area is 89.0 Å². The maximum atomic E-state index is 10.7. The summed E-state index contributed by atoms with van der Waals surface area (Å²) in [6.07, 6.45) is 0.829. The maximum Gasteiger partial charge on any atom is 0.104 e. The molecule has 1 fully saturated rings. The van der Waals surface area contributed by atoms with Crippen LogP contribution in [0.5, 0.6) is 0 Å². The van der Waals surface area contributed by atoms with Gasteiger partial charge < -0.3 is 10.4 Å². The largest absolute Gasteiger partial charge is 0.384 e. The third kappa shape index (κ3) is 1.49. The van der Waals surface area contributed by atoms with Crippen LogP contribution >= 0.6 is 11.3 Å². The van der Waals surface area contributed by atoms with Crippen molar-refractivity contribution in [1.82, 2.24) is 5.32 Å². The predicted octanol–water partition coefficient (Wildman–Crippen LogP) is 1.87. The molecule has 2 unspecified atom stereocenters. The fourth-order valence-corrected chi connectivity index (χ4v) is 3.34. The number of aryl methyl sites for hydroxylation is 1. The molecule has 2 N–H and O–H groups in total. The predicted molar refractivity (Wildman–Crippen MR) is 59.6 cm³/mol. The summed E-state index contributed by atoms with van der Waals surface area (Å²) in [5, 5.41) is 16.0. The number of piperidine rings is 1. The molecule has 78 valence electrons. The van der Waals surface area contributed by atoms with E-state index in [1.54, 1.807) is 11.3 Å². The molecule has 14 heavy (non-hydrogen) atoms. The van der Waals surface area contributed by atoms with Crippen molar-refractivity contribution in [2.45, 2.75) is 25.9 Å². The normalized spacial score (nSPS) is 33.2. The van der Waals surface area contributed by atoms with Gasteiger partial charge in [-0.3, -0.25) is 0 Å². The maximum absolute atomic E-state index is 10.7. The fourth-order valence-electron chi connectivity index (χ4n) is 2.17. The van der Waals surface area contributed by atoms with E-state index in [0.29, 0.717) is 5.92 Å². The van der Waals surface area contributed by atoms with Crippen LogP contribution in [0, 0.1) is 12.8 Å². The van der Waals surface area contributed by atoms with E-state index in [4.69, 9.17) is 0 Å². The van der Waals surface area contributed by atoms with Crippen molar-refractivity contribution in [1.29, 1.82) is 0 Å². The molecule has 2 atom stereocenters. The van der Waals surface area contributed by atoms with Crippen LogP contribution in [0.25, 0.3) is 0 Å². The topological polar surface area (TPSA) is 32.3 Å². The number of hydrogen-bond donors (Lipinski definition) is 2. The van der Waals surface area contributed by atoms with Gasteiger partial charge in [0.1, 0.15) is 5.60 Å². The van der Waals surface area contributed by atoms with Crippen LogP contribution in [-0.2, 0) is 5.60 Å². The summed E-state index contributed by atoms with van der Waals surface area (Å²) in [6.45, 7) is 6.02. The Kier molecular flexibility index (Phi) is 2.64. The van der Waals surface area contributed by atoms with E-state index in [1.807, 2.05) is 0 Å². The Morgan fingerprint density at radius 1 is 1.64 bits per heavy atom. The Hall–Kier alpha value is -0.380. The van der Waals surface area contributed by atoms with E-state index >= 15 is 0 Å². The van der Waals surface area contributed by atoms with Crippen LogP contribution in [0.2, 0.25) is 0 Å². The zero-order valence-corrected chi connectivity index (χ0v) is 9.53. The van der Waals surface area contributed by atoms with Crippen LogP contribution < -0.4 is 5.32 Å². The summed E-state index contributed by atoms with van der Waals surface area (Å²) in [5.74, 6) is 0.300. The van der Waals surface area contributed by atoms with Crippen LogP contribution in [-0.4, -0.2) is 18.2 Å². The van der Waals surface area contributed by atoms with Gasteiger partial charge in [-0.15, -0.1) is 11.3 Å². The molecular weight excluding hydrogens is 194 g/mol. The molecule has 2 nitrogen and oxygen atoms in total. The van der Waals surface area contributed by atoms with E-state index in [9.17, 15) is 5.11 Å². The third-order valence-electron chi connectivity index (χ3n) is 3.20. The lowest BCUT2D eigenvalue weighted by molar-refractivity contribution is -0.0364. The highest BCUT2D eigenvalue weighted by molar-refractivity contribution is 7.10. The molecular formula is C11H17NOS. The zero-order valence-electron chi connectivity index (χ0n) is 8.71. The highest BCUT2D eigenvalue weighted by Gasteiger charge is 2.39. The third-order valence-corrected chi connectivity index (χ3v) is 4.39. The fraction of sp³-hybridized carbons (Fsp3) is 0.636. The van der Waals surface area contributed by atoms with Crippen molar-refractivity contribution < 1.29 is 5.11 Å². The summed E-state index contributed by atoms with van der Waals surface area (Å²) in [5.41, 5.74) is 0.634. The van der Waals surface area contributed by atoms with Gasteiger partial charge in [-0.1, -0.05) is 6.92 Å². The lowest BCUT2D eigenvalue weighted by Gasteiger charge is -2.38. The minimum absolute atomic E-state index is 0.300. The quantitative estimate of drug-likeness (QED) is 0.743. The first-order valence-corrected chi connectivity index (χ1v) is 6.00. The van der Waals surface area contributed by atoms with Gasteiger partial charge in [0, 0.05) is 17.3 Å². The number of thiophene rings is 1. The van der Waals surface area contributed by atoms with Crippen molar-refractivity contribution in [3.05, 3.63) is 21.9 Å². The molecule has 0 aliphatic carbocycles. The van der Waals surface area contributed by atoms with Crippen LogP contribution in [0.3, 0.4) is 0 Å². The van der Waals surface area contributed by atoms with Crippen LogP contribution in [0.1, 0.15) is 23.8 Å². The summed E-state index contributed by atoms with van der Waals surface area (Å²) >= 11 is 1.68. The van der Waals surface area contributed by atoms with Gasteiger partial charge in [0.15, 0.2) is 0 Å². The molecule has 0 saturated carbocycles. The number of rotatable bonds is 1. The highest BCUT2D eigenvalue weighted by atomic mass is 32.1. The molecule has 1 aliphatic rings. The lowest BCUT2D eigenvalue weighted by Crippen LogP contribution is -2.46. The summed E-state index contributed by atoms with van der Waals surface area (Å²) in [4.78, 5) is 1.16. The first kappa shape index (κ1) is 10.1. The second-order valence-electron chi connectivity index (χ2n) is 4.21. The Morgan fingerprint density at radius 3 is 3.00 bits per heavy atom. The standard InChI is InChI=1S/C11H17NOS/c1-8-3-6-14-10(8)11(13)4-5-12-7-9(11)2/h3,6,9,12-13H,4-5,7H2,1-2H3. The first-order valence-electron chi connectivity index (χ1n) is 5.12. The second kappa shape index (κ2) is 3.65. The average molecular weight is 211 g/mol. The van der Waals surface area contributed by atoms with Gasteiger partial charge in [0.25, 0.3) is 0 Å². The van der Waals surface area contributed by atoms with Gasteiger partial charge in [0.2, 0.25) is 0 Å². The Bertz CT molecular complexity index is 323. The van der Waals surface area contributed by atoms with Gasteiger partial charge >= 0.3 is 0 Å². The molecule has 0 spiro atoms. The van der Waals surface area contributed by atoms with Crippen molar-refractivity contribution in [3.63, 3.8) is 0 Å². The second-order valence-corrected chi connectivity index (χ2v) is 5.13. The molecule has 2 heterocycles. The Morgan fingerprint density at radius 2 is 2.43 bits per heavy atom. The average Bonchev–Trinajstić information content (AvgIpc) is 2.57. The lowest BCUT2D eigenvalue weighted by atomic mass is 9.81. The first-order chi connectivity index (χ1) is 6.64. The summed E-state index contributed by atoms with van der Waals surface area (Å²) < 4.78 is 0. The van der Waals surface area contributed by atoms with E-state index in [-0.39, 0.29) is 0 Å². The molecule has 0 aromatic carbocycles. The molecule has 0 radical (unpaired) electrons. The van der Waals surface area contributed by atoms with Crippen molar-refractivity contribution >= 4 is 11.3 Å². The van der Waals surface area contributed by atoms with Gasteiger partial charge in [-0.25, -0.2) is 0 Å². The molecule has 1 aromatic heterocycles. The zero-order chi connectivity index (χ0) is 10.2. The molecule has 1 aliphatic heterocycles. The van der Waals surface area contributed by atoms with Gasteiger partial charge in [-0.2, -0.15) is 0 Å². The highest BCUT2D eigenvalue weighted by Crippen LogP contribution is 2.39. The van der Waals surface area contributed by atoms with E-state index < -0.39 is 5.60 Å². The monoisotopic (exact) mass is 211 g/mol. The molecule has 3 heteroatoms. The van der Waals surface area contributed by atoms with Gasteiger partial charge in [0.05, 0.1) is 0 Å².